The van der Waals surface area contributed by atoms with Crippen LogP contribution in [0.4, 0.5) is 18.9 Å². The number of carbonyl (C=O) groups excluding carboxylic acids is 2. The first-order valence-electron chi connectivity index (χ1n) is 7.58. The molecule has 0 atom stereocenters. The largest absolute Gasteiger partial charge is 0.454 e. The lowest BCUT2D eigenvalue weighted by atomic mass is 9.93. The van der Waals surface area contributed by atoms with Crippen molar-refractivity contribution in [1.29, 1.82) is 0 Å². The maximum Gasteiger partial charge on any atom is 0.454 e. The highest BCUT2D eigenvalue weighted by Crippen LogP contribution is 2.32. The molecule has 1 amide bonds. The summed E-state index contributed by atoms with van der Waals surface area (Å²) in [6.07, 6.45) is -2.79. The lowest BCUT2D eigenvalue weighted by Crippen LogP contribution is -2.40. The minimum Gasteiger partial charge on any atom is -0.312 e. The molecule has 0 saturated carbocycles. The number of rotatable bonds is 1. The molecule has 6 heteroatoms. The van der Waals surface area contributed by atoms with Crippen molar-refractivity contribution in [2.45, 2.75) is 46.2 Å². The summed E-state index contributed by atoms with van der Waals surface area (Å²) in [5.41, 5.74) is 0.278. The van der Waals surface area contributed by atoms with Crippen molar-refractivity contribution in [1.82, 2.24) is 0 Å². The number of carbonyl (C=O) groups is 2. The predicted octanol–water partition coefficient (Wildman–Crippen LogP) is 4.15. The van der Waals surface area contributed by atoms with Crippen LogP contribution in [0.2, 0.25) is 0 Å². The fourth-order valence-electron chi connectivity index (χ4n) is 2.68. The number of fused-ring (bicyclic) bond motifs is 1. The van der Waals surface area contributed by atoms with E-state index in [-0.39, 0.29) is 11.5 Å². The van der Waals surface area contributed by atoms with Gasteiger partial charge in [0.1, 0.15) is 0 Å². The van der Waals surface area contributed by atoms with Crippen molar-refractivity contribution in [2.75, 3.05) is 11.4 Å². The summed E-state index contributed by atoms with van der Waals surface area (Å²) in [6.45, 7) is 5.96. The molecule has 1 heterocycles. The number of ketones is 1. The maximum absolute atomic E-state index is 12.6. The molecule has 0 radical (unpaired) electrons. The van der Waals surface area contributed by atoms with Crippen LogP contribution < -0.4 is 4.90 Å². The van der Waals surface area contributed by atoms with E-state index >= 15 is 0 Å². The summed E-state index contributed by atoms with van der Waals surface area (Å²) in [7, 11) is 0. The molecule has 2 rings (SSSR count). The smallest absolute Gasteiger partial charge is 0.312 e. The van der Waals surface area contributed by atoms with Gasteiger partial charge >= 0.3 is 6.18 Å². The van der Waals surface area contributed by atoms with E-state index < -0.39 is 17.4 Å². The lowest BCUT2D eigenvalue weighted by molar-refractivity contribution is -0.125. The number of Topliss-reactive ketones (excluding diaryl/α,β-unsaturated/α-hetero) is 1. The molecule has 3 nitrogen and oxygen atoms in total. The number of hydrogen-bond acceptors (Lipinski definition) is 2. The summed E-state index contributed by atoms with van der Waals surface area (Å²) in [4.78, 5) is 25.6. The average molecular weight is 327 g/mol. The van der Waals surface area contributed by atoms with Gasteiger partial charge in [-0.05, 0) is 43.0 Å². The fourth-order valence-corrected chi connectivity index (χ4v) is 2.68. The Kier molecular flexibility index (Phi) is 4.55. The van der Waals surface area contributed by atoms with Crippen LogP contribution in [-0.4, -0.2) is 24.4 Å². The molecule has 1 aliphatic rings. The summed E-state index contributed by atoms with van der Waals surface area (Å²) in [5, 5.41) is 0. The molecule has 0 aliphatic carbocycles. The highest BCUT2D eigenvalue weighted by Gasteiger charge is 2.39. The Hall–Kier alpha value is -1.85. The van der Waals surface area contributed by atoms with Crippen LogP contribution in [0.25, 0.3) is 0 Å². The van der Waals surface area contributed by atoms with Gasteiger partial charge in [0.15, 0.2) is 0 Å². The molecule has 1 aromatic rings. The molecule has 0 saturated heterocycles. The van der Waals surface area contributed by atoms with Crippen LogP contribution in [0.3, 0.4) is 0 Å². The third kappa shape index (κ3) is 3.74. The Morgan fingerprint density at radius 2 is 1.74 bits per heavy atom. The monoisotopic (exact) mass is 327 g/mol. The Morgan fingerprint density at radius 1 is 1.09 bits per heavy atom. The Balaban J connectivity index is 2.44. The molecule has 0 unspecified atom stereocenters. The number of alkyl halides is 3. The normalized spacial score (nSPS) is 15.8. The number of hydrogen-bond donors (Lipinski definition) is 0. The van der Waals surface area contributed by atoms with Gasteiger partial charge in [0, 0.05) is 23.2 Å². The number of amides is 1. The third-order valence-corrected chi connectivity index (χ3v) is 3.85. The SMILES string of the molecule is CC(C)(C)C(=O)N1CCCCc2cc(C(=O)C(F)(F)F)ccc21. The molecule has 0 fully saturated rings. The molecule has 23 heavy (non-hydrogen) atoms. The highest BCUT2D eigenvalue weighted by molar-refractivity contribution is 6.02. The van der Waals surface area contributed by atoms with Gasteiger partial charge in [-0.3, -0.25) is 9.59 Å². The van der Waals surface area contributed by atoms with E-state index in [2.05, 4.69) is 0 Å². The van der Waals surface area contributed by atoms with Crippen LogP contribution in [0.15, 0.2) is 18.2 Å². The van der Waals surface area contributed by atoms with Gasteiger partial charge in [-0.2, -0.15) is 13.2 Å². The predicted molar refractivity (Wildman–Crippen MR) is 81.6 cm³/mol. The zero-order chi connectivity index (χ0) is 17.4. The summed E-state index contributed by atoms with van der Waals surface area (Å²) < 4.78 is 37.8. The van der Waals surface area contributed by atoms with Gasteiger partial charge in [-0.25, -0.2) is 0 Å². The number of nitrogens with zero attached hydrogens (tertiary/aromatic N) is 1. The van der Waals surface area contributed by atoms with E-state index in [1.807, 2.05) is 0 Å². The van der Waals surface area contributed by atoms with Gasteiger partial charge < -0.3 is 4.90 Å². The molecule has 0 spiro atoms. The van der Waals surface area contributed by atoms with Crippen molar-refractivity contribution in [2.24, 2.45) is 5.41 Å². The molecule has 0 bridgehead atoms. The van der Waals surface area contributed by atoms with Crippen LogP contribution in [-0.2, 0) is 11.2 Å². The topological polar surface area (TPSA) is 37.4 Å². The number of anilines is 1. The Labute approximate surface area is 133 Å². The first kappa shape index (κ1) is 17.5. The second kappa shape index (κ2) is 5.98. The van der Waals surface area contributed by atoms with E-state index in [1.54, 1.807) is 25.7 Å². The molecule has 1 aliphatic heterocycles. The van der Waals surface area contributed by atoms with E-state index in [4.69, 9.17) is 0 Å². The zero-order valence-electron chi connectivity index (χ0n) is 13.5. The minimum absolute atomic E-state index is 0.0736. The first-order valence-corrected chi connectivity index (χ1v) is 7.58. The minimum atomic E-state index is -4.89. The second-order valence-corrected chi connectivity index (χ2v) is 6.83. The third-order valence-electron chi connectivity index (χ3n) is 3.85. The van der Waals surface area contributed by atoms with Crippen molar-refractivity contribution < 1.29 is 22.8 Å². The molecular weight excluding hydrogens is 307 g/mol. The summed E-state index contributed by atoms with van der Waals surface area (Å²) in [6, 6.07) is 3.89. The molecule has 0 N–H and O–H groups in total. The van der Waals surface area contributed by atoms with Crippen molar-refractivity contribution in [3.63, 3.8) is 0 Å². The van der Waals surface area contributed by atoms with Crippen molar-refractivity contribution in [3.05, 3.63) is 29.3 Å². The zero-order valence-corrected chi connectivity index (χ0v) is 13.5. The van der Waals surface area contributed by atoms with Gasteiger partial charge in [0.25, 0.3) is 5.78 Å². The quantitative estimate of drug-likeness (QED) is 0.727. The molecule has 126 valence electrons. The lowest BCUT2D eigenvalue weighted by Gasteiger charge is -2.30. The standard InChI is InChI=1S/C17H20F3NO2/c1-16(2,3)15(23)21-9-5-4-6-11-10-12(7-8-13(11)21)14(22)17(18,19)20/h7-8,10H,4-6,9H2,1-3H3. The van der Waals surface area contributed by atoms with E-state index in [1.165, 1.54) is 12.1 Å². The number of benzene rings is 1. The Bertz CT molecular complexity index is 630. The summed E-state index contributed by atoms with van der Waals surface area (Å²) >= 11 is 0. The molecule has 1 aromatic carbocycles. The number of aryl methyl sites for hydroxylation is 1. The summed E-state index contributed by atoms with van der Waals surface area (Å²) in [5.74, 6) is -1.92. The maximum atomic E-state index is 12.6. The molecule has 0 aromatic heterocycles. The van der Waals surface area contributed by atoms with Crippen molar-refractivity contribution in [3.8, 4) is 0 Å². The van der Waals surface area contributed by atoms with E-state index in [0.29, 0.717) is 24.2 Å². The van der Waals surface area contributed by atoms with Gasteiger partial charge in [-0.1, -0.05) is 20.8 Å². The van der Waals surface area contributed by atoms with E-state index in [9.17, 15) is 22.8 Å². The van der Waals surface area contributed by atoms with Gasteiger partial charge in [-0.15, -0.1) is 0 Å². The van der Waals surface area contributed by atoms with Crippen molar-refractivity contribution >= 4 is 17.4 Å². The fraction of sp³-hybridized carbons (Fsp3) is 0.529. The van der Waals surface area contributed by atoms with E-state index in [0.717, 1.165) is 18.9 Å². The molecular formula is C17H20F3NO2. The van der Waals surface area contributed by atoms with Crippen LogP contribution in [0.1, 0.15) is 49.5 Å². The van der Waals surface area contributed by atoms with Crippen LogP contribution in [0.5, 0.6) is 0 Å². The highest BCUT2D eigenvalue weighted by atomic mass is 19.4. The van der Waals surface area contributed by atoms with Gasteiger partial charge in [0.2, 0.25) is 5.91 Å². The first-order chi connectivity index (χ1) is 10.5. The average Bonchev–Trinajstić information content (AvgIpc) is 2.65. The van der Waals surface area contributed by atoms with Crippen LogP contribution >= 0.6 is 0 Å². The van der Waals surface area contributed by atoms with Crippen LogP contribution in [0, 0.1) is 5.41 Å². The number of halogens is 3. The Morgan fingerprint density at radius 3 is 2.30 bits per heavy atom. The van der Waals surface area contributed by atoms with Gasteiger partial charge in [0.05, 0.1) is 0 Å². The second-order valence-electron chi connectivity index (χ2n) is 6.83.